The Morgan fingerprint density at radius 3 is 1.90 bits per heavy atom. The number of ether oxygens (including phenoxy) is 1. The number of hydrogen-bond acceptors (Lipinski definition) is 3. The molecule has 3 heteroatoms. The minimum Gasteiger partial charge on any atom is -0.464 e. The molecule has 0 aliphatic carbocycles. The van der Waals surface area contributed by atoms with Crippen molar-refractivity contribution in [3.63, 3.8) is 0 Å². The number of carbonyl (C=O) groups is 2. The average molecular weight is 284 g/mol. The molecule has 0 aliphatic heterocycles. The molecule has 20 heavy (non-hydrogen) atoms. The molecule has 0 aromatic carbocycles. The predicted molar refractivity (Wildman–Crippen MR) is 82.6 cm³/mol. The molecule has 3 nitrogen and oxygen atoms in total. The lowest BCUT2D eigenvalue weighted by Crippen LogP contribution is -2.31. The van der Waals surface area contributed by atoms with Crippen LogP contribution in [0, 0.1) is 11.3 Å². The number of carbonyl (C=O) groups excluding carboxylic acids is 2. The van der Waals surface area contributed by atoms with Crippen molar-refractivity contribution in [2.75, 3.05) is 6.61 Å². The molecule has 0 aromatic heterocycles. The van der Waals surface area contributed by atoms with Crippen LogP contribution in [-0.2, 0) is 14.3 Å². The van der Waals surface area contributed by atoms with Gasteiger partial charge in [-0.15, -0.1) is 0 Å². The Morgan fingerprint density at radius 2 is 1.55 bits per heavy atom. The van der Waals surface area contributed by atoms with Crippen molar-refractivity contribution in [2.24, 2.45) is 11.3 Å². The summed E-state index contributed by atoms with van der Waals surface area (Å²) < 4.78 is 5.35. The van der Waals surface area contributed by atoms with Crippen LogP contribution in [-0.4, -0.2) is 18.9 Å². The Labute approximate surface area is 124 Å². The van der Waals surface area contributed by atoms with Crippen LogP contribution in [0.25, 0.3) is 0 Å². The maximum Gasteiger partial charge on any atom is 0.308 e. The molecule has 0 aromatic rings. The van der Waals surface area contributed by atoms with E-state index in [1.165, 1.54) is 0 Å². The quantitative estimate of drug-likeness (QED) is 0.300. The summed E-state index contributed by atoms with van der Waals surface area (Å²) in [6, 6.07) is 0. The van der Waals surface area contributed by atoms with Crippen LogP contribution in [0.1, 0.15) is 79.1 Å². The molecule has 0 fully saturated rings. The summed E-state index contributed by atoms with van der Waals surface area (Å²) in [5.74, 6) is -0.340. The molecule has 0 unspecified atom stereocenters. The van der Waals surface area contributed by atoms with E-state index in [0.29, 0.717) is 0 Å². The number of esters is 1. The van der Waals surface area contributed by atoms with Gasteiger partial charge >= 0.3 is 5.97 Å². The second-order valence-electron chi connectivity index (χ2n) is 6.16. The summed E-state index contributed by atoms with van der Waals surface area (Å²) in [5, 5.41) is 0. The normalized spacial score (nSPS) is 11.7. The lowest BCUT2D eigenvalue weighted by molar-refractivity contribution is -0.152. The van der Waals surface area contributed by atoms with Crippen molar-refractivity contribution in [3.8, 4) is 0 Å². The van der Waals surface area contributed by atoms with Gasteiger partial charge < -0.3 is 9.53 Å². The smallest absolute Gasteiger partial charge is 0.308 e. The van der Waals surface area contributed by atoms with Crippen molar-refractivity contribution in [1.29, 1.82) is 0 Å². The van der Waals surface area contributed by atoms with Gasteiger partial charge in [-0.25, -0.2) is 0 Å². The van der Waals surface area contributed by atoms with E-state index in [9.17, 15) is 9.59 Å². The highest BCUT2D eigenvalue weighted by molar-refractivity contribution is 5.72. The fourth-order valence-corrected chi connectivity index (χ4v) is 2.26. The Balaban J connectivity index is 4.54. The third-order valence-corrected chi connectivity index (χ3v) is 3.78. The van der Waals surface area contributed by atoms with Crippen LogP contribution in [0.15, 0.2) is 0 Å². The monoisotopic (exact) mass is 284 g/mol. The first-order chi connectivity index (χ1) is 9.51. The molecule has 0 bridgehead atoms. The largest absolute Gasteiger partial charge is 0.464 e. The summed E-state index contributed by atoms with van der Waals surface area (Å²) in [6.45, 7) is 8.19. The van der Waals surface area contributed by atoms with Crippen LogP contribution < -0.4 is 0 Å². The molecule has 0 spiro atoms. The van der Waals surface area contributed by atoms with Crippen LogP contribution in [0.2, 0.25) is 0 Å². The summed E-state index contributed by atoms with van der Waals surface area (Å²) in [5.41, 5.74) is -0.463. The van der Waals surface area contributed by atoms with Crippen LogP contribution in [0.5, 0.6) is 0 Å². The number of unbranched alkanes of at least 4 members (excludes halogenated alkanes) is 4. The zero-order chi connectivity index (χ0) is 15.4. The van der Waals surface area contributed by atoms with Crippen molar-refractivity contribution < 1.29 is 14.3 Å². The summed E-state index contributed by atoms with van der Waals surface area (Å²) >= 11 is 0. The molecule has 0 aliphatic rings. The second kappa shape index (κ2) is 10.9. The van der Waals surface area contributed by atoms with Gasteiger partial charge in [0.2, 0.25) is 0 Å². The van der Waals surface area contributed by atoms with Crippen LogP contribution in [0.4, 0.5) is 0 Å². The van der Waals surface area contributed by atoms with E-state index in [2.05, 4.69) is 13.8 Å². The minimum absolute atomic E-state index is 0.134. The summed E-state index contributed by atoms with van der Waals surface area (Å²) in [4.78, 5) is 23.2. The first-order valence-corrected chi connectivity index (χ1v) is 8.14. The fraction of sp³-hybridized carbons (Fsp3) is 0.882. The van der Waals surface area contributed by atoms with Crippen LogP contribution in [0.3, 0.4) is 0 Å². The van der Waals surface area contributed by atoms with E-state index in [0.717, 1.165) is 57.7 Å². The molecule has 0 heterocycles. The van der Waals surface area contributed by atoms with E-state index in [-0.39, 0.29) is 18.5 Å². The standard InChI is InChI=1S/C17H32O3/c1-5-7-9-11-17(13-18,12-10-8-6-2)14-20-16(19)15(3)4/h13,15H,5-12,14H2,1-4H3. The first kappa shape index (κ1) is 19.1. The molecule has 0 N–H and O–H groups in total. The van der Waals surface area contributed by atoms with Gasteiger partial charge in [0.1, 0.15) is 12.9 Å². The third-order valence-electron chi connectivity index (χ3n) is 3.78. The van der Waals surface area contributed by atoms with Gasteiger partial charge in [0.15, 0.2) is 0 Å². The lowest BCUT2D eigenvalue weighted by Gasteiger charge is -2.28. The highest BCUT2D eigenvalue weighted by Crippen LogP contribution is 2.30. The summed E-state index contributed by atoms with van der Waals surface area (Å²) in [6.07, 6.45) is 9.28. The van der Waals surface area contributed by atoms with E-state index in [1.807, 2.05) is 13.8 Å². The van der Waals surface area contributed by atoms with Crippen molar-refractivity contribution in [1.82, 2.24) is 0 Å². The maximum absolute atomic E-state index is 11.6. The van der Waals surface area contributed by atoms with Gasteiger partial charge in [0, 0.05) is 0 Å². The number of rotatable bonds is 12. The van der Waals surface area contributed by atoms with Gasteiger partial charge in [0.05, 0.1) is 11.3 Å². The molecule has 0 rings (SSSR count). The molecule has 0 saturated carbocycles. The van der Waals surface area contributed by atoms with Gasteiger partial charge in [-0.1, -0.05) is 66.2 Å². The number of aldehydes is 1. The Kier molecular flexibility index (Phi) is 10.4. The lowest BCUT2D eigenvalue weighted by atomic mass is 9.80. The van der Waals surface area contributed by atoms with Crippen LogP contribution >= 0.6 is 0 Å². The Hall–Kier alpha value is -0.860. The Bertz CT molecular complexity index is 261. The molecule has 0 radical (unpaired) electrons. The van der Waals surface area contributed by atoms with Gasteiger partial charge in [-0.3, -0.25) is 4.79 Å². The summed E-state index contributed by atoms with van der Waals surface area (Å²) in [7, 11) is 0. The SMILES string of the molecule is CCCCCC(C=O)(CCCCC)COC(=O)C(C)C. The van der Waals surface area contributed by atoms with E-state index in [4.69, 9.17) is 4.74 Å². The van der Waals surface area contributed by atoms with E-state index < -0.39 is 5.41 Å². The molecule has 0 amide bonds. The van der Waals surface area contributed by atoms with Gasteiger partial charge in [0.25, 0.3) is 0 Å². The third kappa shape index (κ3) is 7.66. The molecule has 0 saturated heterocycles. The maximum atomic E-state index is 11.6. The average Bonchev–Trinajstić information content (AvgIpc) is 2.44. The first-order valence-electron chi connectivity index (χ1n) is 8.14. The van der Waals surface area contributed by atoms with Crippen molar-refractivity contribution in [2.45, 2.75) is 79.1 Å². The van der Waals surface area contributed by atoms with Gasteiger partial charge in [-0.05, 0) is 12.8 Å². The predicted octanol–water partition coefficient (Wildman–Crippen LogP) is 4.53. The van der Waals surface area contributed by atoms with E-state index >= 15 is 0 Å². The highest BCUT2D eigenvalue weighted by Gasteiger charge is 2.31. The second-order valence-corrected chi connectivity index (χ2v) is 6.16. The topological polar surface area (TPSA) is 43.4 Å². The molecular weight excluding hydrogens is 252 g/mol. The zero-order valence-electron chi connectivity index (χ0n) is 13.7. The molecule has 118 valence electrons. The van der Waals surface area contributed by atoms with Crippen molar-refractivity contribution in [3.05, 3.63) is 0 Å². The molecular formula is C17H32O3. The number of hydrogen-bond donors (Lipinski definition) is 0. The fourth-order valence-electron chi connectivity index (χ4n) is 2.26. The minimum atomic E-state index is -0.463. The van der Waals surface area contributed by atoms with Gasteiger partial charge in [-0.2, -0.15) is 0 Å². The Morgan fingerprint density at radius 1 is 1.05 bits per heavy atom. The zero-order valence-corrected chi connectivity index (χ0v) is 13.7. The highest BCUT2D eigenvalue weighted by atomic mass is 16.5. The van der Waals surface area contributed by atoms with E-state index in [1.54, 1.807) is 0 Å². The van der Waals surface area contributed by atoms with Crippen molar-refractivity contribution >= 4 is 12.3 Å². The molecule has 0 atom stereocenters.